The van der Waals surface area contributed by atoms with Crippen molar-refractivity contribution in [2.24, 2.45) is 57.4 Å². The minimum atomic E-state index is 0.499. The molecule has 0 radical (unpaired) electrons. The fourth-order valence-corrected chi connectivity index (χ4v) is 9.18. The zero-order chi connectivity index (χ0) is 20.8. The highest BCUT2D eigenvalue weighted by molar-refractivity contribution is 5.85. The maximum absolute atomic E-state index is 9.32. The minimum absolute atomic E-state index is 0.499. The van der Waals surface area contributed by atoms with Gasteiger partial charge < -0.3 is 5.21 Å². The molecule has 1 N–H and O–H groups in total. The maximum atomic E-state index is 9.32. The van der Waals surface area contributed by atoms with Crippen LogP contribution in [0.5, 0.6) is 0 Å². The molecule has 0 amide bonds. The smallest absolute Gasteiger partial charge is 0.0574 e. The molecule has 4 aliphatic carbocycles. The molecule has 0 aliphatic heterocycles. The van der Waals surface area contributed by atoms with E-state index in [2.05, 4.69) is 39.8 Å². The lowest BCUT2D eigenvalue weighted by Gasteiger charge is -2.60. The van der Waals surface area contributed by atoms with E-state index in [4.69, 9.17) is 0 Å². The summed E-state index contributed by atoms with van der Waals surface area (Å²) >= 11 is 0. The highest BCUT2D eigenvalue weighted by atomic mass is 16.4. The van der Waals surface area contributed by atoms with Gasteiger partial charge in [-0.3, -0.25) is 0 Å². The second-order valence-corrected chi connectivity index (χ2v) is 12.6. The number of rotatable bonds is 5. The monoisotopic (exact) mass is 401 g/mol. The zero-order valence-corrected chi connectivity index (χ0v) is 19.9. The van der Waals surface area contributed by atoms with Crippen LogP contribution in [0, 0.1) is 52.3 Å². The van der Waals surface area contributed by atoms with E-state index < -0.39 is 0 Å². The highest BCUT2D eigenvalue weighted by Crippen LogP contribution is 2.68. The lowest BCUT2D eigenvalue weighted by atomic mass is 9.44. The molecule has 0 aromatic rings. The van der Waals surface area contributed by atoms with Crippen LogP contribution < -0.4 is 0 Å². The minimum Gasteiger partial charge on any atom is -0.411 e. The quantitative estimate of drug-likeness (QED) is 0.368. The molecule has 0 spiro atoms. The van der Waals surface area contributed by atoms with Crippen LogP contribution in [0.4, 0.5) is 0 Å². The number of oxime groups is 1. The molecule has 2 heteroatoms. The average Bonchev–Trinajstić information content (AvgIpc) is 3.04. The van der Waals surface area contributed by atoms with Crippen LogP contribution in [0.1, 0.15) is 112 Å². The second kappa shape index (κ2) is 8.19. The van der Waals surface area contributed by atoms with Crippen molar-refractivity contribution in [2.45, 2.75) is 112 Å². The predicted octanol–water partition coefficient (Wildman–Crippen LogP) is 7.94. The van der Waals surface area contributed by atoms with Gasteiger partial charge in [-0.05, 0) is 110 Å². The Kier molecular flexibility index (Phi) is 6.13. The van der Waals surface area contributed by atoms with Crippen LogP contribution in [-0.2, 0) is 0 Å². The standard InChI is InChI=1S/C27H47NO/c1-18(2)7-6-8-19(3)23-11-12-24-22-10-9-20-17-21(28-29)13-15-26(20,4)25(22)14-16-27(23,24)5/h18-20,22-25,29H,6-17H2,1-5H3/b28-21+/t19-,20?,22?,23-,24?,25?,26+,27-/m1/s1. The Morgan fingerprint density at radius 2 is 1.69 bits per heavy atom. The number of hydrogen-bond acceptors (Lipinski definition) is 2. The summed E-state index contributed by atoms with van der Waals surface area (Å²) in [5.41, 5.74) is 2.18. The van der Waals surface area contributed by atoms with Crippen LogP contribution in [0.2, 0.25) is 0 Å². The summed E-state index contributed by atoms with van der Waals surface area (Å²) in [6.07, 6.45) is 16.4. The first-order valence-corrected chi connectivity index (χ1v) is 13.0. The molecule has 8 atom stereocenters. The van der Waals surface area contributed by atoms with Crippen LogP contribution in [0.15, 0.2) is 5.16 Å². The molecule has 29 heavy (non-hydrogen) atoms. The van der Waals surface area contributed by atoms with Crippen LogP contribution in [0.3, 0.4) is 0 Å². The van der Waals surface area contributed by atoms with Gasteiger partial charge in [0.25, 0.3) is 0 Å². The summed E-state index contributed by atoms with van der Waals surface area (Å²) in [5.74, 6) is 6.36. The summed E-state index contributed by atoms with van der Waals surface area (Å²) in [4.78, 5) is 0. The topological polar surface area (TPSA) is 32.6 Å². The summed E-state index contributed by atoms with van der Waals surface area (Å²) < 4.78 is 0. The van der Waals surface area contributed by atoms with Crippen molar-refractivity contribution in [3.63, 3.8) is 0 Å². The molecular weight excluding hydrogens is 354 g/mol. The van der Waals surface area contributed by atoms with E-state index in [9.17, 15) is 5.21 Å². The highest BCUT2D eigenvalue weighted by Gasteiger charge is 2.60. The fourth-order valence-electron chi connectivity index (χ4n) is 9.18. The molecule has 0 saturated heterocycles. The van der Waals surface area contributed by atoms with Gasteiger partial charge in [0.1, 0.15) is 0 Å². The molecule has 0 aromatic carbocycles. The molecule has 4 rings (SSSR count). The largest absolute Gasteiger partial charge is 0.411 e. The van der Waals surface area contributed by atoms with Crippen molar-refractivity contribution < 1.29 is 5.21 Å². The molecule has 166 valence electrons. The van der Waals surface area contributed by atoms with Gasteiger partial charge in [0.2, 0.25) is 0 Å². The SMILES string of the molecule is CC(C)CCC[C@@H](C)[C@H]1CCC2C3CCC4C/C(=N/O)CC[C@]4(C)C3CC[C@@]21C. The first-order valence-electron chi connectivity index (χ1n) is 13.0. The third kappa shape index (κ3) is 3.69. The Balaban J connectivity index is 1.46. The Hall–Kier alpha value is -0.530. The summed E-state index contributed by atoms with van der Waals surface area (Å²) in [6.45, 7) is 12.6. The van der Waals surface area contributed by atoms with Gasteiger partial charge in [0.15, 0.2) is 0 Å². The number of nitrogens with zero attached hydrogens (tertiary/aromatic N) is 1. The van der Waals surface area contributed by atoms with Gasteiger partial charge in [0.05, 0.1) is 5.71 Å². The summed E-state index contributed by atoms with van der Waals surface area (Å²) in [6, 6.07) is 0. The van der Waals surface area contributed by atoms with E-state index in [1.54, 1.807) is 0 Å². The van der Waals surface area contributed by atoms with E-state index in [-0.39, 0.29) is 0 Å². The van der Waals surface area contributed by atoms with Crippen LogP contribution >= 0.6 is 0 Å². The molecule has 0 heterocycles. The van der Waals surface area contributed by atoms with Crippen molar-refractivity contribution in [1.29, 1.82) is 0 Å². The van der Waals surface area contributed by atoms with Crippen molar-refractivity contribution in [1.82, 2.24) is 0 Å². The maximum Gasteiger partial charge on any atom is 0.0574 e. The Morgan fingerprint density at radius 1 is 0.931 bits per heavy atom. The summed E-state index contributed by atoms with van der Waals surface area (Å²) in [7, 11) is 0. The van der Waals surface area contributed by atoms with Gasteiger partial charge in [-0.1, -0.05) is 59.0 Å². The van der Waals surface area contributed by atoms with E-state index in [1.807, 2.05) is 0 Å². The van der Waals surface area contributed by atoms with Crippen molar-refractivity contribution in [3.05, 3.63) is 0 Å². The lowest BCUT2D eigenvalue weighted by Crippen LogP contribution is -2.53. The lowest BCUT2D eigenvalue weighted by molar-refractivity contribution is -0.105. The Morgan fingerprint density at radius 3 is 2.41 bits per heavy atom. The zero-order valence-electron chi connectivity index (χ0n) is 19.9. The van der Waals surface area contributed by atoms with E-state index in [0.717, 1.165) is 60.0 Å². The van der Waals surface area contributed by atoms with E-state index in [1.165, 1.54) is 64.2 Å². The molecule has 4 unspecified atom stereocenters. The summed E-state index contributed by atoms with van der Waals surface area (Å²) in [5, 5.41) is 12.9. The third-order valence-electron chi connectivity index (χ3n) is 10.8. The number of hydrogen-bond donors (Lipinski definition) is 1. The number of fused-ring (bicyclic) bond motifs is 5. The first kappa shape index (κ1) is 21.7. The van der Waals surface area contributed by atoms with Crippen molar-refractivity contribution in [3.8, 4) is 0 Å². The molecule has 4 saturated carbocycles. The molecule has 0 bridgehead atoms. The molecular formula is C27H47NO. The van der Waals surface area contributed by atoms with E-state index >= 15 is 0 Å². The molecule has 4 aliphatic rings. The second-order valence-electron chi connectivity index (χ2n) is 12.6. The van der Waals surface area contributed by atoms with Crippen molar-refractivity contribution >= 4 is 5.71 Å². The molecule has 0 aromatic heterocycles. The van der Waals surface area contributed by atoms with Gasteiger partial charge in [0, 0.05) is 0 Å². The van der Waals surface area contributed by atoms with Gasteiger partial charge in [-0.25, -0.2) is 0 Å². The average molecular weight is 402 g/mol. The van der Waals surface area contributed by atoms with Gasteiger partial charge in [-0.15, -0.1) is 0 Å². The Labute approximate surface area is 180 Å². The molecule has 2 nitrogen and oxygen atoms in total. The van der Waals surface area contributed by atoms with Gasteiger partial charge >= 0.3 is 0 Å². The van der Waals surface area contributed by atoms with Crippen LogP contribution in [-0.4, -0.2) is 10.9 Å². The normalized spacial score (nSPS) is 47.0. The molecule has 4 fully saturated rings. The predicted molar refractivity (Wildman–Crippen MR) is 122 cm³/mol. The van der Waals surface area contributed by atoms with Gasteiger partial charge in [-0.2, -0.15) is 0 Å². The Bertz CT molecular complexity index is 612. The fraction of sp³-hybridized carbons (Fsp3) is 0.963. The van der Waals surface area contributed by atoms with E-state index in [0.29, 0.717) is 10.8 Å². The first-order chi connectivity index (χ1) is 13.8. The third-order valence-corrected chi connectivity index (χ3v) is 10.8. The van der Waals surface area contributed by atoms with Crippen molar-refractivity contribution in [2.75, 3.05) is 0 Å². The van der Waals surface area contributed by atoms with Crippen LogP contribution in [0.25, 0.3) is 0 Å².